The van der Waals surface area contributed by atoms with E-state index in [0.717, 1.165) is 31.4 Å². The molecule has 1 saturated carbocycles. The number of carbonyl (C=O) groups excluding carboxylic acids is 2. The van der Waals surface area contributed by atoms with Crippen molar-refractivity contribution in [1.29, 1.82) is 0 Å². The number of amides is 1. The number of carbonyl (C=O) groups is 2. The van der Waals surface area contributed by atoms with Gasteiger partial charge in [0.1, 0.15) is 17.9 Å². The maximum absolute atomic E-state index is 12.9. The molecule has 4 rings (SSSR count). The zero-order valence-corrected chi connectivity index (χ0v) is 19.7. The van der Waals surface area contributed by atoms with E-state index < -0.39 is 5.97 Å². The highest BCUT2D eigenvalue weighted by molar-refractivity contribution is 6.30. The number of hydrogen-bond donors (Lipinski definition) is 0. The van der Waals surface area contributed by atoms with Crippen LogP contribution in [0.15, 0.2) is 48.5 Å². The first-order valence-corrected chi connectivity index (χ1v) is 11.4. The Kier molecular flexibility index (Phi) is 6.22. The molecule has 32 heavy (non-hydrogen) atoms. The number of nitrogens with zero attached hydrogens (tertiary/aromatic N) is 1. The van der Waals surface area contributed by atoms with Gasteiger partial charge in [0.2, 0.25) is 0 Å². The Morgan fingerprint density at radius 3 is 2.53 bits per heavy atom. The van der Waals surface area contributed by atoms with E-state index in [4.69, 9.17) is 21.1 Å². The molecule has 2 atom stereocenters. The third-order valence-corrected chi connectivity index (χ3v) is 6.73. The summed E-state index contributed by atoms with van der Waals surface area (Å²) < 4.78 is 11.3. The van der Waals surface area contributed by atoms with E-state index in [1.165, 1.54) is 0 Å². The van der Waals surface area contributed by atoms with Gasteiger partial charge in [0.15, 0.2) is 6.61 Å². The van der Waals surface area contributed by atoms with Crippen LogP contribution in [-0.4, -0.2) is 36.0 Å². The van der Waals surface area contributed by atoms with E-state index in [2.05, 4.69) is 20.8 Å². The van der Waals surface area contributed by atoms with Gasteiger partial charge in [-0.1, -0.05) is 56.6 Å². The summed E-state index contributed by atoms with van der Waals surface area (Å²) in [5.41, 5.74) is 1.62. The standard InChI is InChI=1S/C26H30ClNO4/c1-25(2)12-20-13-26(3,16-25)17-28(20)23(29)15-32-24(30)21-6-4-5-7-22(21)31-14-18-8-10-19(27)11-9-18/h4-11,20H,12-17H2,1-3H3. The van der Waals surface area contributed by atoms with Gasteiger partial charge in [-0.3, -0.25) is 4.79 Å². The summed E-state index contributed by atoms with van der Waals surface area (Å²) in [7, 11) is 0. The summed E-state index contributed by atoms with van der Waals surface area (Å²) in [6, 6.07) is 14.5. The lowest BCUT2D eigenvalue weighted by atomic mass is 9.65. The van der Waals surface area contributed by atoms with Gasteiger partial charge in [0.05, 0.1) is 0 Å². The molecule has 6 heteroatoms. The van der Waals surface area contributed by atoms with Crippen LogP contribution in [0, 0.1) is 10.8 Å². The smallest absolute Gasteiger partial charge is 0.342 e. The first kappa shape index (κ1) is 22.7. The van der Waals surface area contributed by atoms with Gasteiger partial charge in [-0.05, 0) is 59.9 Å². The van der Waals surface area contributed by atoms with Crippen molar-refractivity contribution in [3.8, 4) is 5.75 Å². The van der Waals surface area contributed by atoms with Crippen LogP contribution in [-0.2, 0) is 16.1 Å². The van der Waals surface area contributed by atoms with E-state index in [9.17, 15) is 9.59 Å². The lowest BCUT2D eigenvalue weighted by Gasteiger charge is -2.39. The minimum absolute atomic E-state index is 0.121. The molecule has 0 aromatic heterocycles. The number of fused-ring (bicyclic) bond motifs is 2. The Morgan fingerprint density at radius 2 is 1.78 bits per heavy atom. The maximum atomic E-state index is 12.9. The number of halogens is 1. The molecule has 0 spiro atoms. The number of esters is 1. The first-order chi connectivity index (χ1) is 15.1. The van der Waals surface area contributed by atoms with Crippen molar-refractivity contribution in [2.24, 2.45) is 10.8 Å². The fourth-order valence-corrected chi connectivity index (χ4v) is 5.67. The summed E-state index contributed by atoms with van der Waals surface area (Å²) in [5, 5.41) is 0.655. The number of likely N-dealkylation sites (tertiary alicyclic amines) is 1. The number of benzene rings is 2. The minimum atomic E-state index is -0.557. The molecule has 2 aliphatic rings. The number of rotatable bonds is 6. The van der Waals surface area contributed by atoms with Crippen LogP contribution in [0.5, 0.6) is 5.75 Å². The van der Waals surface area contributed by atoms with Gasteiger partial charge < -0.3 is 14.4 Å². The van der Waals surface area contributed by atoms with Crippen molar-refractivity contribution in [2.75, 3.05) is 13.2 Å². The summed E-state index contributed by atoms with van der Waals surface area (Å²) in [6.45, 7) is 7.58. The van der Waals surface area contributed by atoms with Gasteiger partial charge in [-0.25, -0.2) is 4.79 Å². The molecule has 1 saturated heterocycles. The Morgan fingerprint density at radius 1 is 1.06 bits per heavy atom. The van der Waals surface area contributed by atoms with Crippen LogP contribution in [0.3, 0.4) is 0 Å². The summed E-state index contributed by atoms with van der Waals surface area (Å²) in [5.74, 6) is -0.255. The van der Waals surface area contributed by atoms with E-state index in [1.807, 2.05) is 17.0 Å². The average Bonchev–Trinajstić information content (AvgIpc) is 3.00. The molecule has 2 unspecified atom stereocenters. The molecule has 0 N–H and O–H groups in total. The van der Waals surface area contributed by atoms with Gasteiger partial charge >= 0.3 is 5.97 Å². The third-order valence-electron chi connectivity index (χ3n) is 6.48. The molecule has 2 aromatic carbocycles. The van der Waals surface area contributed by atoms with Gasteiger partial charge in [0.25, 0.3) is 5.91 Å². The predicted molar refractivity (Wildman–Crippen MR) is 124 cm³/mol. The van der Waals surface area contributed by atoms with Crippen molar-refractivity contribution >= 4 is 23.5 Å². The Balaban J connectivity index is 1.36. The normalized spacial score (nSPS) is 23.6. The molecule has 1 amide bonds. The quantitative estimate of drug-likeness (QED) is 0.539. The highest BCUT2D eigenvalue weighted by Crippen LogP contribution is 2.52. The number of ether oxygens (including phenoxy) is 2. The lowest BCUT2D eigenvalue weighted by molar-refractivity contribution is -0.135. The van der Waals surface area contributed by atoms with Crippen molar-refractivity contribution < 1.29 is 19.1 Å². The Bertz CT molecular complexity index is 1000. The Labute approximate surface area is 194 Å². The van der Waals surface area contributed by atoms with Crippen molar-refractivity contribution in [2.45, 2.75) is 52.7 Å². The molecule has 170 valence electrons. The van der Waals surface area contributed by atoms with Crippen LogP contribution in [0.1, 0.15) is 56.0 Å². The molecule has 1 heterocycles. The molecule has 1 aliphatic heterocycles. The van der Waals surface area contributed by atoms with Crippen molar-refractivity contribution in [1.82, 2.24) is 4.90 Å². The SMILES string of the molecule is CC1(C)CC2CC(C)(CN2C(=O)COC(=O)c2ccccc2OCc2ccc(Cl)cc2)C1. The zero-order chi connectivity index (χ0) is 22.9. The highest BCUT2D eigenvalue weighted by Gasteiger charge is 2.50. The summed E-state index contributed by atoms with van der Waals surface area (Å²) >= 11 is 5.92. The van der Waals surface area contributed by atoms with Crippen molar-refractivity contribution in [3.05, 3.63) is 64.7 Å². The lowest BCUT2D eigenvalue weighted by Crippen LogP contribution is -2.39. The molecular weight excluding hydrogens is 426 g/mol. The maximum Gasteiger partial charge on any atom is 0.342 e. The zero-order valence-electron chi connectivity index (χ0n) is 18.9. The fourth-order valence-electron chi connectivity index (χ4n) is 5.54. The summed E-state index contributed by atoms with van der Waals surface area (Å²) in [6.07, 6.45) is 3.12. The van der Waals surface area contributed by atoms with Crippen molar-refractivity contribution in [3.63, 3.8) is 0 Å². The fraction of sp³-hybridized carbons (Fsp3) is 0.462. The Hall–Kier alpha value is -2.53. The van der Waals surface area contributed by atoms with E-state index in [-0.39, 0.29) is 29.4 Å². The topological polar surface area (TPSA) is 55.8 Å². The first-order valence-electron chi connectivity index (χ1n) is 11.1. The number of para-hydroxylation sites is 1. The highest BCUT2D eigenvalue weighted by atomic mass is 35.5. The van der Waals surface area contributed by atoms with Crippen LogP contribution < -0.4 is 4.74 Å². The molecular formula is C26H30ClNO4. The van der Waals surface area contributed by atoms with Crippen LogP contribution in [0.25, 0.3) is 0 Å². The van der Waals surface area contributed by atoms with E-state index in [1.54, 1.807) is 36.4 Å². The monoisotopic (exact) mass is 455 g/mol. The van der Waals surface area contributed by atoms with Crippen LogP contribution >= 0.6 is 11.6 Å². The molecule has 2 aromatic rings. The van der Waals surface area contributed by atoms with Crippen LogP contribution in [0.2, 0.25) is 5.02 Å². The van der Waals surface area contributed by atoms with Crippen LogP contribution in [0.4, 0.5) is 0 Å². The van der Waals surface area contributed by atoms with Gasteiger partial charge in [-0.2, -0.15) is 0 Å². The second-order valence-electron chi connectivity index (χ2n) is 10.2. The molecule has 2 bridgehead atoms. The van der Waals surface area contributed by atoms with E-state index >= 15 is 0 Å². The minimum Gasteiger partial charge on any atom is -0.488 e. The van der Waals surface area contributed by atoms with E-state index in [0.29, 0.717) is 22.9 Å². The van der Waals surface area contributed by atoms with Gasteiger partial charge in [-0.15, -0.1) is 0 Å². The van der Waals surface area contributed by atoms with Gasteiger partial charge in [0, 0.05) is 17.6 Å². The molecule has 1 aliphatic carbocycles. The predicted octanol–water partition coefficient (Wildman–Crippen LogP) is 5.50. The number of hydrogen-bond acceptors (Lipinski definition) is 4. The summed E-state index contributed by atoms with van der Waals surface area (Å²) in [4.78, 5) is 27.6. The second kappa shape index (κ2) is 8.78. The molecule has 2 fully saturated rings. The average molecular weight is 456 g/mol. The molecule has 5 nitrogen and oxygen atoms in total. The largest absolute Gasteiger partial charge is 0.488 e. The third kappa shape index (κ3) is 5.09. The second-order valence-corrected chi connectivity index (χ2v) is 10.7. The molecule has 0 radical (unpaired) electrons.